The largest absolute Gasteiger partial charge is 0.508 e. The van der Waals surface area contributed by atoms with Crippen LogP contribution in [-0.2, 0) is 0 Å². The van der Waals surface area contributed by atoms with E-state index in [1.165, 1.54) is 12.4 Å². The van der Waals surface area contributed by atoms with Crippen molar-refractivity contribution >= 4 is 28.4 Å². The molecule has 1 fully saturated rings. The number of rotatable bonds is 4. The summed E-state index contributed by atoms with van der Waals surface area (Å²) in [6.45, 7) is 5.48. The molecule has 1 saturated heterocycles. The first-order valence-electron chi connectivity index (χ1n) is 9.44. The third kappa shape index (κ3) is 3.46. The molecule has 1 aromatic carbocycles. The number of phenols is 1. The molecule has 0 spiro atoms. The second kappa shape index (κ2) is 7.42. The molecule has 0 radical (unpaired) electrons. The van der Waals surface area contributed by atoms with Crippen LogP contribution in [0, 0.1) is 6.92 Å². The first-order valence-corrected chi connectivity index (χ1v) is 9.44. The Hall–Kier alpha value is -3.62. The van der Waals surface area contributed by atoms with Crippen LogP contribution in [0.15, 0.2) is 36.8 Å². The average Bonchev–Trinajstić information content (AvgIpc) is 3.29. The van der Waals surface area contributed by atoms with Crippen LogP contribution in [0.25, 0.3) is 11.0 Å². The van der Waals surface area contributed by atoms with E-state index in [4.69, 9.17) is 5.73 Å². The summed E-state index contributed by atoms with van der Waals surface area (Å²) in [6, 6.07) is 4.83. The van der Waals surface area contributed by atoms with Gasteiger partial charge in [-0.1, -0.05) is 6.08 Å². The first kappa shape index (κ1) is 18.7. The van der Waals surface area contributed by atoms with Gasteiger partial charge in [-0.3, -0.25) is 4.79 Å². The smallest absolute Gasteiger partial charge is 0.277 e. The van der Waals surface area contributed by atoms with Gasteiger partial charge in [0.15, 0.2) is 11.3 Å². The van der Waals surface area contributed by atoms with Crippen molar-refractivity contribution in [1.29, 1.82) is 0 Å². The molecule has 3 heterocycles. The maximum absolute atomic E-state index is 13.0. The van der Waals surface area contributed by atoms with Crippen molar-refractivity contribution in [3.8, 4) is 5.75 Å². The predicted molar refractivity (Wildman–Crippen MR) is 111 cm³/mol. The van der Waals surface area contributed by atoms with Crippen molar-refractivity contribution in [2.75, 3.05) is 24.1 Å². The fourth-order valence-corrected chi connectivity index (χ4v) is 3.69. The molecular weight excluding hydrogens is 370 g/mol. The molecule has 150 valence electrons. The molecule has 1 aliphatic heterocycles. The summed E-state index contributed by atoms with van der Waals surface area (Å²) in [7, 11) is 0. The zero-order chi connectivity index (χ0) is 20.5. The highest BCUT2D eigenvalue weighted by Gasteiger charge is 2.29. The number of anilines is 2. The van der Waals surface area contributed by atoms with Crippen molar-refractivity contribution in [3.63, 3.8) is 0 Å². The SMILES string of the molecule is CC=CN1CC[C@@H](n2nc(C(=O)Nc3ccc(O)cc3C)c3c(N)ncnc32)C1. The minimum Gasteiger partial charge on any atom is -0.508 e. The third-order valence-electron chi connectivity index (χ3n) is 5.09. The Morgan fingerprint density at radius 3 is 2.97 bits per heavy atom. The molecule has 2 aromatic heterocycles. The summed E-state index contributed by atoms with van der Waals surface area (Å²) >= 11 is 0. The van der Waals surface area contributed by atoms with Gasteiger partial charge in [-0.05, 0) is 50.2 Å². The number of hydrogen-bond acceptors (Lipinski definition) is 7. The number of fused-ring (bicyclic) bond motifs is 1. The number of nitrogens with one attached hydrogen (secondary N) is 1. The molecule has 29 heavy (non-hydrogen) atoms. The van der Waals surface area contributed by atoms with Gasteiger partial charge in [0.05, 0.1) is 11.4 Å². The maximum atomic E-state index is 13.0. The molecule has 9 nitrogen and oxygen atoms in total. The zero-order valence-corrected chi connectivity index (χ0v) is 16.3. The molecule has 0 bridgehead atoms. The van der Waals surface area contributed by atoms with Crippen LogP contribution in [0.3, 0.4) is 0 Å². The Morgan fingerprint density at radius 2 is 2.21 bits per heavy atom. The molecule has 1 amide bonds. The first-order chi connectivity index (χ1) is 14.0. The Bertz CT molecular complexity index is 1110. The van der Waals surface area contributed by atoms with Crippen LogP contribution in [0.5, 0.6) is 5.75 Å². The van der Waals surface area contributed by atoms with Crippen LogP contribution >= 0.6 is 0 Å². The van der Waals surface area contributed by atoms with Gasteiger partial charge in [-0.2, -0.15) is 5.10 Å². The standard InChI is InChI=1S/C20H23N7O2/c1-3-7-26-8-6-13(10-26)27-19-16(18(21)22-11-23-19)17(25-27)20(29)24-15-5-4-14(28)9-12(15)2/h3-5,7,9,11,13,28H,6,8,10H2,1-2H3,(H,24,29)(H2,21,22,23)/t13-/m1/s1. The number of amides is 1. The quantitative estimate of drug-likeness (QED) is 0.582. The van der Waals surface area contributed by atoms with E-state index in [0.29, 0.717) is 16.7 Å². The number of aromatic hydroxyl groups is 1. The van der Waals surface area contributed by atoms with Crippen LogP contribution in [0.2, 0.25) is 0 Å². The Morgan fingerprint density at radius 1 is 1.38 bits per heavy atom. The highest BCUT2D eigenvalue weighted by atomic mass is 16.3. The van der Waals surface area contributed by atoms with Gasteiger partial charge in [0.2, 0.25) is 0 Å². The lowest BCUT2D eigenvalue weighted by molar-refractivity contribution is 0.102. The Balaban J connectivity index is 1.72. The van der Waals surface area contributed by atoms with Gasteiger partial charge in [-0.15, -0.1) is 0 Å². The van der Waals surface area contributed by atoms with Crippen molar-refractivity contribution in [3.05, 3.63) is 48.1 Å². The van der Waals surface area contributed by atoms with E-state index in [2.05, 4.69) is 31.5 Å². The second-order valence-corrected chi connectivity index (χ2v) is 7.12. The molecule has 4 N–H and O–H groups in total. The van der Waals surface area contributed by atoms with Gasteiger partial charge in [-0.25, -0.2) is 14.6 Å². The lowest BCUT2D eigenvalue weighted by atomic mass is 10.2. The van der Waals surface area contributed by atoms with Crippen LogP contribution < -0.4 is 11.1 Å². The van der Waals surface area contributed by atoms with Gasteiger partial charge >= 0.3 is 0 Å². The Labute approximate surface area is 167 Å². The fraction of sp³-hybridized carbons (Fsp3) is 0.300. The van der Waals surface area contributed by atoms with E-state index in [9.17, 15) is 9.90 Å². The second-order valence-electron chi connectivity index (χ2n) is 7.12. The van der Waals surface area contributed by atoms with Gasteiger partial charge in [0.1, 0.15) is 17.9 Å². The molecule has 0 unspecified atom stereocenters. The third-order valence-corrected chi connectivity index (χ3v) is 5.09. The zero-order valence-electron chi connectivity index (χ0n) is 16.3. The molecule has 1 atom stereocenters. The number of phenolic OH excluding ortho intramolecular Hbond substituents is 1. The lowest BCUT2D eigenvalue weighted by Crippen LogP contribution is -2.18. The van der Waals surface area contributed by atoms with Crippen molar-refractivity contribution in [1.82, 2.24) is 24.6 Å². The summed E-state index contributed by atoms with van der Waals surface area (Å²) in [5.74, 6) is -0.0377. The predicted octanol–water partition coefficient (Wildman–Crippen LogP) is 2.46. The Kier molecular flexibility index (Phi) is 4.79. The van der Waals surface area contributed by atoms with E-state index in [0.717, 1.165) is 25.1 Å². The number of carbonyl (C=O) groups is 1. The molecular formula is C20H23N7O2. The van der Waals surface area contributed by atoms with Crippen LogP contribution in [0.4, 0.5) is 11.5 Å². The highest BCUT2D eigenvalue weighted by molar-refractivity contribution is 6.13. The number of nitrogens with two attached hydrogens (primary N) is 1. The maximum Gasteiger partial charge on any atom is 0.277 e. The summed E-state index contributed by atoms with van der Waals surface area (Å²) in [5.41, 5.74) is 8.16. The van der Waals surface area contributed by atoms with Gasteiger partial charge in [0, 0.05) is 18.8 Å². The monoisotopic (exact) mass is 393 g/mol. The van der Waals surface area contributed by atoms with Crippen LogP contribution in [0.1, 0.15) is 35.4 Å². The number of allylic oxidation sites excluding steroid dienone is 1. The number of nitrogens with zero attached hydrogens (tertiary/aromatic N) is 5. The van der Waals surface area contributed by atoms with E-state index < -0.39 is 5.91 Å². The molecule has 9 heteroatoms. The van der Waals surface area contributed by atoms with Gasteiger partial charge < -0.3 is 21.1 Å². The topological polar surface area (TPSA) is 122 Å². The van der Waals surface area contributed by atoms with Gasteiger partial charge in [0.25, 0.3) is 5.91 Å². The number of likely N-dealkylation sites (tertiary alicyclic amines) is 1. The number of benzene rings is 1. The molecule has 1 aliphatic rings. The van der Waals surface area contributed by atoms with E-state index in [1.54, 1.807) is 23.7 Å². The number of aryl methyl sites for hydroxylation is 1. The average molecular weight is 393 g/mol. The minimum absolute atomic E-state index is 0.0833. The summed E-state index contributed by atoms with van der Waals surface area (Å²) in [4.78, 5) is 23.6. The molecule has 3 aromatic rings. The summed E-state index contributed by atoms with van der Waals surface area (Å²) < 4.78 is 1.79. The minimum atomic E-state index is -0.396. The van der Waals surface area contributed by atoms with Crippen LogP contribution in [-0.4, -0.2) is 48.8 Å². The van der Waals surface area contributed by atoms with E-state index >= 15 is 0 Å². The number of carbonyl (C=O) groups excluding carboxylic acids is 1. The highest BCUT2D eigenvalue weighted by Crippen LogP contribution is 2.29. The number of aromatic nitrogens is 4. The molecule has 0 aliphatic carbocycles. The van der Waals surface area contributed by atoms with Crippen molar-refractivity contribution < 1.29 is 9.90 Å². The normalized spacial score (nSPS) is 16.8. The summed E-state index contributed by atoms with van der Waals surface area (Å²) in [5, 5.41) is 17.5. The fourth-order valence-electron chi connectivity index (χ4n) is 3.69. The van der Waals surface area contributed by atoms with E-state index in [1.807, 2.05) is 13.0 Å². The van der Waals surface area contributed by atoms with Crippen molar-refractivity contribution in [2.24, 2.45) is 0 Å². The molecule has 0 saturated carbocycles. The number of nitrogen functional groups attached to an aromatic ring is 1. The van der Waals surface area contributed by atoms with E-state index in [-0.39, 0.29) is 23.3 Å². The summed E-state index contributed by atoms with van der Waals surface area (Å²) in [6.07, 6.45) is 6.34. The number of hydrogen-bond donors (Lipinski definition) is 3. The lowest BCUT2D eigenvalue weighted by Gasteiger charge is -2.13. The van der Waals surface area contributed by atoms with Crippen molar-refractivity contribution in [2.45, 2.75) is 26.3 Å². The molecule has 4 rings (SSSR count).